The lowest BCUT2D eigenvalue weighted by molar-refractivity contribution is 0.386. The molecule has 0 saturated heterocycles. The molecule has 0 aliphatic rings. The van der Waals surface area contributed by atoms with Crippen molar-refractivity contribution in [1.82, 2.24) is 24.4 Å². The quantitative estimate of drug-likeness (QED) is 0.270. The highest BCUT2D eigenvalue weighted by molar-refractivity contribution is 7.15. The highest BCUT2D eigenvalue weighted by Gasteiger charge is 2.17. The first-order chi connectivity index (χ1) is 18.4. The van der Waals surface area contributed by atoms with Crippen molar-refractivity contribution in [2.45, 2.75) is 0 Å². The number of fused-ring (bicyclic) bond motifs is 1. The Balaban J connectivity index is 1.49. The van der Waals surface area contributed by atoms with Crippen molar-refractivity contribution in [3.05, 3.63) is 109 Å². The van der Waals surface area contributed by atoms with Gasteiger partial charge in [0.05, 0.1) is 22.4 Å². The maximum absolute atomic E-state index is 14.6. The fourth-order valence-electron chi connectivity index (χ4n) is 4.00. The van der Waals surface area contributed by atoms with Crippen LogP contribution in [-0.4, -0.2) is 31.5 Å². The van der Waals surface area contributed by atoms with E-state index in [0.717, 1.165) is 5.69 Å². The predicted molar refractivity (Wildman–Crippen MR) is 147 cm³/mol. The van der Waals surface area contributed by atoms with E-state index in [1.807, 2.05) is 30.3 Å². The number of rotatable bonds is 5. The lowest BCUT2D eigenvalue weighted by Gasteiger charge is -2.04. The van der Waals surface area contributed by atoms with E-state index < -0.39 is 5.82 Å². The molecular weight excluding hydrogens is 548 g/mol. The number of nitrogens with zero attached hydrogens (tertiary/aromatic N) is 5. The van der Waals surface area contributed by atoms with Crippen LogP contribution in [-0.2, 0) is 0 Å². The number of benzene rings is 3. The number of hydrogen-bond acceptors (Lipinski definition) is 6. The minimum absolute atomic E-state index is 0.130. The molecule has 0 saturated carbocycles. The number of hydrogen-bond donors (Lipinski definition) is 0. The summed E-state index contributed by atoms with van der Waals surface area (Å²) in [5.74, 6) is -0.0551. The fraction of sp³-hybridized carbons (Fsp3) is 0.0370. The van der Waals surface area contributed by atoms with E-state index in [1.165, 1.54) is 29.0 Å². The number of thiazole rings is 1. The van der Waals surface area contributed by atoms with Crippen molar-refractivity contribution in [3.8, 4) is 34.1 Å². The first-order valence-corrected chi connectivity index (χ1v) is 12.8. The van der Waals surface area contributed by atoms with Crippen LogP contribution in [0.5, 0.6) is 5.75 Å². The molecule has 0 N–H and O–H groups in total. The summed E-state index contributed by atoms with van der Waals surface area (Å²) in [5.41, 5.74) is 2.72. The monoisotopic (exact) mass is 563 g/mol. The van der Waals surface area contributed by atoms with Crippen LogP contribution in [0.4, 0.5) is 4.39 Å². The topological polar surface area (TPSA) is 74.3 Å². The summed E-state index contributed by atoms with van der Waals surface area (Å²) in [7, 11) is 1.41. The van der Waals surface area contributed by atoms with Crippen molar-refractivity contribution < 1.29 is 9.13 Å². The highest BCUT2D eigenvalue weighted by Crippen LogP contribution is 2.30. The van der Waals surface area contributed by atoms with Gasteiger partial charge in [0.25, 0.3) is 5.56 Å². The van der Waals surface area contributed by atoms with Crippen molar-refractivity contribution in [2.75, 3.05) is 7.11 Å². The average molecular weight is 564 g/mol. The lowest BCUT2D eigenvalue weighted by atomic mass is 10.1. The lowest BCUT2D eigenvalue weighted by Crippen LogP contribution is -2.23. The van der Waals surface area contributed by atoms with Gasteiger partial charge < -0.3 is 4.74 Å². The van der Waals surface area contributed by atoms with Crippen LogP contribution in [0, 0.1) is 5.82 Å². The van der Waals surface area contributed by atoms with E-state index in [-0.39, 0.29) is 11.3 Å². The molecule has 3 aromatic carbocycles. The third kappa shape index (κ3) is 4.34. The maximum atomic E-state index is 14.6. The predicted octanol–water partition coefficient (Wildman–Crippen LogP) is 5.67. The minimum atomic E-state index is -0.512. The molecule has 0 unspecified atom stereocenters. The largest absolute Gasteiger partial charge is 0.494 e. The maximum Gasteiger partial charge on any atom is 0.291 e. The molecule has 0 atom stereocenters. The molecule has 38 heavy (non-hydrogen) atoms. The first-order valence-electron chi connectivity index (χ1n) is 11.3. The summed E-state index contributed by atoms with van der Waals surface area (Å²) in [6.07, 6.45) is 3.50. The normalized spacial score (nSPS) is 11.9. The van der Waals surface area contributed by atoms with Gasteiger partial charge in [-0.15, -0.1) is 5.10 Å². The molecule has 0 bridgehead atoms. The Labute approximate surface area is 229 Å². The Kier molecular flexibility index (Phi) is 6.19. The Morgan fingerprint density at radius 3 is 2.55 bits per heavy atom. The summed E-state index contributed by atoms with van der Waals surface area (Å²) in [5, 5.41) is 9.95. The third-order valence-electron chi connectivity index (χ3n) is 5.83. The summed E-state index contributed by atoms with van der Waals surface area (Å²) < 4.78 is 22.9. The van der Waals surface area contributed by atoms with Gasteiger partial charge in [0.15, 0.2) is 17.4 Å². The molecule has 6 aromatic rings. The molecule has 0 amide bonds. The van der Waals surface area contributed by atoms with Gasteiger partial charge in [-0.2, -0.15) is 14.6 Å². The van der Waals surface area contributed by atoms with Crippen LogP contribution in [0.3, 0.4) is 0 Å². The van der Waals surface area contributed by atoms with Crippen molar-refractivity contribution in [3.63, 3.8) is 0 Å². The van der Waals surface area contributed by atoms with Crippen molar-refractivity contribution >= 4 is 45.6 Å². The van der Waals surface area contributed by atoms with Crippen LogP contribution in [0.25, 0.3) is 39.4 Å². The number of aromatic nitrogens is 5. The van der Waals surface area contributed by atoms with Gasteiger partial charge in [0, 0.05) is 27.9 Å². The van der Waals surface area contributed by atoms with E-state index in [0.29, 0.717) is 47.7 Å². The second-order valence-electron chi connectivity index (χ2n) is 8.23. The van der Waals surface area contributed by atoms with Crippen molar-refractivity contribution in [1.29, 1.82) is 0 Å². The molecule has 7 nitrogen and oxygen atoms in total. The van der Waals surface area contributed by atoms with Gasteiger partial charge in [-0.05, 0) is 54.6 Å². The zero-order chi connectivity index (χ0) is 26.4. The van der Waals surface area contributed by atoms with E-state index in [2.05, 4.69) is 10.1 Å². The molecule has 0 radical (unpaired) electrons. The van der Waals surface area contributed by atoms with Crippen LogP contribution in [0.15, 0.2) is 77.7 Å². The van der Waals surface area contributed by atoms with E-state index in [9.17, 15) is 9.18 Å². The fourth-order valence-corrected chi connectivity index (χ4v) is 5.40. The number of ether oxygens (including phenoxy) is 1. The van der Waals surface area contributed by atoms with Gasteiger partial charge in [0.2, 0.25) is 4.96 Å². The molecule has 0 aliphatic heterocycles. The third-order valence-corrected chi connectivity index (χ3v) is 7.34. The average Bonchev–Trinajstić information content (AvgIpc) is 3.60. The summed E-state index contributed by atoms with van der Waals surface area (Å²) >= 11 is 13.5. The van der Waals surface area contributed by atoms with Gasteiger partial charge >= 0.3 is 0 Å². The Morgan fingerprint density at radius 2 is 1.84 bits per heavy atom. The molecule has 0 spiro atoms. The van der Waals surface area contributed by atoms with E-state index in [4.69, 9.17) is 33.0 Å². The summed E-state index contributed by atoms with van der Waals surface area (Å²) in [6.45, 7) is 0. The van der Waals surface area contributed by atoms with Gasteiger partial charge in [-0.3, -0.25) is 4.79 Å². The Morgan fingerprint density at radius 1 is 1.03 bits per heavy atom. The molecule has 0 fully saturated rings. The van der Waals surface area contributed by atoms with Crippen LogP contribution in [0.2, 0.25) is 10.0 Å². The summed E-state index contributed by atoms with van der Waals surface area (Å²) in [6, 6.07) is 19.1. The standard InChI is InChI=1S/C27H16Cl2FN5O2S/c1-37-22-10-7-15(11-21(22)30)24-16(14-34(32-24)18-5-3-2-4-6-18)12-23-26(36)35-27(38-23)31-25(33-35)19-9-8-17(28)13-20(19)29/h2-14H,1H3. The van der Waals surface area contributed by atoms with Gasteiger partial charge in [0.1, 0.15) is 5.69 Å². The molecule has 11 heteroatoms. The molecule has 6 rings (SSSR count). The molecule has 3 heterocycles. The second kappa shape index (κ2) is 9.68. The van der Waals surface area contributed by atoms with Crippen LogP contribution in [0.1, 0.15) is 5.56 Å². The van der Waals surface area contributed by atoms with Crippen LogP contribution >= 0.6 is 34.5 Å². The summed E-state index contributed by atoms with van der Waals surface area (Å²) in [4.78, 5) is 18.2. The molecule has 188 valence electrons. The highest BCUT2D eigenvalue weighted by atomic mass is 35.5. The number of methoxy groups -OCH3 is 1. The number of para-hydroxylation sites is 1. The zero-order valence-electron chi connectivity index (χ0n) is 19.6. The minimum Gasteiger partial charge on any atom is -0.494 e. The smallest absolute Gasteiger partial charge is 0.291 e. The molecular formula is C27H16Cl2FN5O2S. The van der Waals surface area contributed by atoms with E-state index >= 15 is 0 Å². The van der Waals surface area contributed by atoms with Crippen LogP contribution < -0.4 is 14.8 Å². The van der Waals surface area contributed by atoms with Gasteiger partial charge in [-0.25, -0.2) is 9.07 Å². The molecule has 3 aromatic heterocycles. The zero-order valence-corrected chi connectivity index (χ0v) is 21.9. The Hall–Kier alpha value is -4.05. The van der Waals surface area contributed by atoms with E-state index in [1.54, 1.807) is 47.3 Å². The van der Waals surface area contributed by atoms with Crippen molar-refractivity contribution in [2.24, 2.45) is 0 Å². The number of halogens is 3. The first kappa shape index (κ1) is 24.3. The van der Waals surface area contributed by atoms with Gasteiger partial charge in [-0.1, -0.05) is 52.7 Å². The SMILES string of the molecule is COc1ccc(-c2nn(-c3ccccc3)cc2C=c2sc3nc(-c4ccc(Cl)cc4Cl)nn3c2=O)cc1F. The Bertz CT molecular complexity index is 1930. The molecule has 0 aliphatic carbocycles. The second-order valence-corrected chi connectivity index (χ2v) is 10.1.